The summed E-state index contributed by atoms with van der Waals surface area (Å²) in [5.41, 5.74) is 2.54. The van der Waals surface area contributed by atoms with Gasteiger partial charge in [-0.2, -0.15) is 0 Å². The number of hydrogen-bond acceptors (Lipinski definition) is 1. The van der Waals surface area contributed by atoms with Crippen molar-refractivity contribution in [1.82, 2.24) is 0 Å². The molecule has 1 nitrogen and oxygen atoms in total. The Morgan fingerprint density at radius 3 is 2.35 bits per heavy atom. The van der Waals surface area contributed by atoms with Crippen LogP contribution in [-0.2, 0) is 11.2 Å². The van der Waals surface area contributed by atoms with E-state index in [0.717, 1.165) is 22.3 Å². The van der Waals surface area contributed by atoms with Crippen LogP contribution in [0.2, 0.25) is 5.02 Å². The van der Waals surface area contributed by atoms with Gasteiger partial charge in [-0.25, -0.2) is 0 Å². The molecule has 2 aromatic carbocycles. The zero-order valence-corrected chi connectivity index (χ0v) is 15.7. The molecule has 0 N–H and O–H groups in total. The van der Waals surface area contributed by atoms with Crippen molar-refractivity contribution in [3.05, 3.63) is 81.8 Å². The van der Waals surface area contributed by atoms with E-state index >= 15 is 0 Å². The van der Waals surface area contributed by atoms with Crippen molar-refractivity contribution in [2.75, 3.05) is 6.61 Å². The molecule has 0 spiro atoms. The van der Waals surface area contributed by atoms with Crippen molar-refractivity contribution < 1.29 is 4.74 Å². The summed E-state index contributed by atoms with van der Waals surface area (Å²) in [6, 6.07) is 16.6. The first-order valence-electron chi connectivity index (χ1n) is 7.86. The fraction of sp³-hybridized carbons (Fsp3) is 0.300. The molecule has 0 aliphatic carbocycles. The SMILES string of the molecule is C=CC[C@@H](OCC)C(Cc1ccc(Cl)cc1)c1ccc(Br)cc1. The van der Waals surface area contributed by atoms with Crippen molar-refractivity contribution in [3.8, 4) is 0 Å². The summed E-state index contributed by atoms with van der Waals surface area (Å²) in [5, 5.41) is 0.765. The van der Waals surface area contributed by atoms with Crippen LogP contribution in [0.15, 0.2) is 65.7 Å². The van der Waals surface area contributed by atoms with Crippen LogP contribution in [0.5, 0.6) is 0 Å². The summed E-state index contributed by atoms with van der Waals surface area (Å²) in [4.78, 5) is 0. The van der Waals surface area contributed by atoms with Gasteiger partial charge in [0.25, 0.3) is 0 Å². The highest BCUT2D eigenvalue weighted by Crippen LogP contribution is 2.30. The monoisotopic (exact) mass is 392 g/mol. The second-order valence-corrected chi connectivity index (χ2v) is 6.86. The average Bonchev–Trinajstić information content (AvgIpc) is 2.55. The normalized spacial score (nSPS) is 13.5. The van der Waals surface area contributed by atoms with E-state index in [1.807, 2.05) is 25.1 Å². The smallest absolute Gasteiger partial charge is 0.0680 e. The van der Waals surface area contributed by atoms with Crippen molar-refractivity contribution in [3.63, 3.8) is 0 Å². The molecule has 0 aromatic heterocycles. The van der Waals surface area contributed by atoms with Crippen molar-refractivity contribution in [1.29, 1.82) is 0 Å². The third-order valence-corrected chi connectivity index (χ3v) is 4.68. The Kier molecular flexibility index (Phi) is 7.35. The van der Waals surface area contributed by atoms with Gasteiger partial charge in [0.15, 0.2) is 0 Å². The van der Waals surface area contributed by atoms with Gasteiger partial charge in [-0.1, -0.05) is 57.9 Å². The summed E-state index contributed by atoms with van der Waals surface area (Å²) in [6.07, 6.45) is 3.81. The Balaban J connectivity index is 2.30. The lowest BCUT2D eigenvalue weighted by Gasteiger charge is -2.27. The molecule has 0 heterocycles. The predicted octanol–water partition coefficient (Wildman–Crippen LogP) is 6.41. The van der Waals surface area contributed by atoms with Gasteiger partial charge in [-0.05, 0) is 55.2 Å². The van der Waals surface area contributed by atoms with Gasteiger partial charge in [0.05, 0.1) is 6.10 Å². The van der Waals surface area contributed by atoms with E-state index in [4.69, 9.17) is 16.3 Å². The number of hydrogen-bond donors (Lipinski definition) is 0. The molecule has 0 saturated heterocycles. The fourth-order valence-electron chi connectivity index (χ4n) is 2.78. The molecular weight excluding hydrogens is 372 g/mol. The van der Waals surface area contributed by atoms with E-state index in [2.05, 4.69) is 58.9 Å². The summed E-state index contributed by atoms with van der Waals surface area (Å²) < 4.78 is 7.10. The molecule has 0 aliphatic rings. The van der Waals surface area contributed by atoms with Gasteiger partial charge in [0, 0.05) is 22.0 Å². The zero-order valence-electron chi connectivity index (χ0n) is 13.3. The predicted molar refractivity (Wildman–Crippen MR) is 102 cm³/mol. The maximum Gasteiger partial charge on any atom is 0.0680 e. The quantitative estimate of drug-likeness (QED) is 0.471. The summed E-state index contributed by atoms with van der Waals surface area (Å²) in [7, 11) is 0. The van der Waals surface area contributed by atoms with Crippen molar-refractivity contribution in [2.45, 2.75) is 31.8 Å². The van der Waals surface area contributed by atoms with Crippen LogP contribution < -0.4 is 0 Å². The molecule has 0 aliphatic heterocycles. The summed E-state index contributed by atoms with van der Waals surface area (Å²) in [6.45, 7) is 6.63. The summed E-state index contributed by atoms with van der Waals surface area (Å²) in [5.74, 6) is 0.280. The van der Waals surface area contributed by atoms with Crippen LogP contribution in [0.3, 0.4) is 0 Å². The standard InChI is InChI=1S/C20H22BrClO/c1-3-5-20(23-4-2)19(16-8-10-17(21)11-9-16)14-15-6-12-18(22)13-7-15/h3,6-13,19-20H,1,4-5,14H2,2H3/t19?,20-/m1/s1. The highest BCUT2D eigenvalue weighted by Gasteiger charge is 2.23. The zero-order chi connectivity index (χ0) is 16.7. The van der Waals surface area contributed by atoms with Crippen LogP contribution >= 0.6 is 27.5 Å². The van der Waals surface area contributed by atoms with E-state index < -0.39 is 0 Å². The minimum atomic E-state index is 0.120. The van der Waals surface area contributed by atoms with Gasteiger partial charge >= 0.3 is 0 Å². The van der Waals surface area contributed by atoms with Crippen LogP contribution in [-0.4, -0.2) is 12.7 Å². The lowest BCUT2D eigenvalue weighted by molar-refractivity contribution is 0.0447. The molecule has 23 heavy (non-hydrogen) atoms. The molecule has 2 aromatic rings. The van der Waals surface area contributed by atoms with Crippen LogP contribution in [0.1, 0.15) is 30.4 Å². The number of halogens is 2. The van der Waals surface area contributed by atoms with E-state index in [0.29, 0.717) is 6.61 Å². The third kappa shape index (κ3) is 5.49. The highest BCUT2D eigenvalue weighted by molar-refractivity contribution is 9.10. The van der Waals surface area contributed by atoms with E-state index in [1.165, 1.54) is 11.1 Å². The average molecular weight is 394 g/mol. The van der Waals surface area contributed by atoms with Gasteiger partial charge in [-0.15, -0.1) is 6.58 Å². The Hall–Kier alpha value is -1.09. The Labute approximate surface area is 152 Å². The lowest BCUT2D eigenvalue weighted by Crippen LogP contribution is -2.24. The van der Waals surface area contributed by atoms with Gasteiger partial charge < -0.3 is 4.74 Å². The number of ether oxygens (including phenoxy) is 1. The summed E-state index contributed by atoms with van der Waals surface area (Å²) >= 11 is 9.51. The van der Waals surface area contributed by atoms with Crippen LogP contribution in [0.4, 0.5) is 0 Å². The van der Waals surface area contributed by atoms with Crippen LogP contribution in [0, 0.1) is 0 Å². The minimum absolute atomic E-state index is 0.120. The molecule has 0 saturated carbocycles. The fourth-order valence-corrected chi connectivity index (χ4v) is 3.17. The number of benzene rings is 2. The molecule has 0 bridgehead atoms. The Bertz CT molecular complexity index is 607. The maximum absolute atomic E-state index is 6.02. The van der Waals surface area contributed by atoms with E-state index in [1.54, 1.807) is 0 Å². The first kappa shape index (κ1) is 18.3. The van der Waals surface area contributed by atoms with E-state index in [9.17, 15) is 0 Å². The first-order chi connectivity index (χ1) is 11.1. The molecule has 2 atom stereocenters. The Morgan fingerprint density at radius 2 is 1.78 bits per heavy atom. The van der Waals surface area contributed by atoms with Gasteiger partial charge in [0.1, 0.15) is 0 Å². The molecule has 2 rings (SSSR count). The largest absolute Gasteiger partial charge is 0.378 e. The molecule has 0 amide bonds. The van der Waals surface area contributed by atoms with Gasteiger partial charge in [-0.3, -0.25) is 0 Å². The highest BCUT2D eigenvalue weighted by atomic mass is 79.9. The molecule has 122 valence electrons. The topological polar surface area (TPSA) is 9.23 Å². The van der Waals surface area contributed by atoms with Gasteiger partial charge in [0.2, 0.25) is 0 Å². The molecular formula is C20H22BrClO. The molecule has 3 heteroatoms. The maximum atomic E-state index is 6.02. The van der Waals surface area contributed by atoms with Crippen molar-refractivity contribution in [2.24, 2.45) is 0 Å². The third-order valence-electron chi connectivity index (χ3n) is 3.90. The molecule has 0 radical (unpaired) electrons. The molecule has 1 unspecified atom stereocenters. The Morgan fingerprint density at radius 1 is 1.13 bits per heavy atom. The minimum Gasteiger partial charge on any atom is -0.378 e. The van der Waals surface area contributed by atoms with Crippen LogP contribution in [0.25, 0.3) is 0 Å². The first-order valence-corrected chi connectivity index (χ1v) is 9.03. The van der Waals surface area contributed by atoms with E-state index in [-0.39, 0.29) is 12.0 Å². The number of rotatable bonds is 8. The lowest BCUT2D eigenvalue weighted by atomic mass is 9.86. The second kappa shape index (κ2) is 9.27. The molecule has 0 fully saturated rings. The second-order valence-electron chi connectivity index (χ2n) is 5.51. The van der Waals surface area contributed by atoms with Crippen molar-refractivity contribution >= 4 is 27.5 Å².